The first-order valence-electron chi connectivity index (χ1n) is 9.71. The summed E-state index contributed by atoms with van der Waals surface area (Å²) >= 11 is 0. The Hall–Kier alpha value is -2.80. The summed E-state index contributed by atoms with van der Waals surface area (Å²) < 4.78 is 83.4. The van der Waals surface area contributed by atoms with Crippen molar-refractivity contribution in [3.8, 4) is 0 Å². The fourth-order valence-corrected chi connectivity index (χ4v) is 2.99. The molecular formula is C20H22F6N2O5. The summed E-state index contributed by atoms with van der Waals surface area (Å²) in [7, 11) is 0. The first kappa shape index (κ1) is 26.5. The first-order valence-corrected chi connectivity index (χ1v) is 9.71. The van der Waals surface area contributed by atoms with Crippen LogP contribution in [-0.2, 0) is 24.8 Å². The van der Waals surface area contributed by atoms with Crippen LogP contribution in [0.4, 0.5) is 32.0 Å². The van der Waals surface area contributed by atoms with Crippen molar-refractivity contribution in [2.24, 2.45) is 5.92 Å². The summed E-state index contributed by atoms with van der Waals surface area (Å²) in [6, 6.07) is 2.61. The van der Waals surface area contributed by atoms with E-state index in [2.05, 4.69) is 5.48 Å². The van der Waals surface area contributed by atoms with E-state index in [0.29, 0.717) is 12.1 Å². The molecule has 0 fully saturated rings. The minimum absolute atomic E-state index is 0.0189. The monoisotopic (exact) mass is 484 g/mol. The lowest BCUT2D eigenvalue weighted by Gasteiger charge is -2.33. The highest BCUT2D eigenvalue weighted by Crippen LogP contribution is 2.50. The van der Waals surface area contributed by atoms with Crippen LogP contribution in [0.15, 0.2) is 36.0 Å². The minimum Gasteiger partial charge on any atom is -0.461 e. The molecule has 2 rings (SSSR count). The zero-order valence-corrected chi connectivity index (χ0v) is 17.8. The number of halogens is 6. The Balaban J connectivity index is 2.37. The number of aliphatic hydroxyl groups is 1. The number of esters is 1. The van der Waals surface area contributed by atoms with Crippen molar-refractivity contribution in [3.05, 3.63) is 41.6 Å². The van der Waals surface area contributed by atoms with Gasteiger partial charge in [0, 0.05) is 17.2 Å². The fourth-order valence-electron chi connectivity index (χ4n) is 2.99. The van der Waals surface area contributed by atoms with Gasteiger partial charge in [-0.15, -0.1) is 0 Å². The van der Waals surface area contributed by atoms with Crippen molar-refractivity contribution in [1.29, 1.82) is 0 Å². The SMILES string of the molecule is CCOC(=O)C1=CC(CN(C(=O)C(C)C)c2ccc(C(O)(C(F)(F)F)C(F)(F)F)cc2)ON1. The molecule has 0 aromatic heterocycles. The zero-order valence-electron chi connectivity index (χ0n) is 17.8. The van der Waals surface area contributed by atoms with Crippen LogP contribution >= 0.6 is 0 Å². The Morgan fingerprint density at radius 1 is 1.12 bits per heavy atom. The number of nitrogens with zero attached hydrogens (tertiary/aromatic N) is 1. The van der Waals surface area contributed by atoms with Crippen molar-refractivity contribution >= 4 is 17.6 Å². The van der Waals surface area contributed by atoms with Crippen molar-refractivity contribution < 1.29 is 50.6 Å². The van der Waals surface area contributed by atoms with E-state index in [9.17, 15) is 41.0 Å². The van der Waals surface area contributed by atoms with Crippen molar-refractivity contribution in [2.45, 2.75) is 44.8 Å². The highest BCUT2D eigenvalue weighted by atomic mass is 19.4. The number of hydrogen-bond donors (Lipinski definition) is 2. The third kappa shape index (κ3) is 5.41. The molecule has 1 amide bonds. The average Bonchev–Trinajstić information content (AvgIpc) is 3.18. The van der Waals surface area contributed by atoms with Crippen LogP contribution < -0.4 is 10.4 Å². The summed E-state index contributed by atoms with van der Waals surface area (Å²) in [4.78, 5) is 30.7. The maximum absolute atomic E-state index is 13.1. The average molecular weight is 484 g/mol. The summed E-state index contributed by atoms with van der Waals surface area (Å²) in [5, 5.41) is 9.53. The molecule has 1 aliphatic heterocycles. The molecule has 0 spiro atoms. The molecule has 33 heavy (non-hydrogen) atoms. The van der Waals surface area contributed by atoms with Gasteiger partial charge in [-0.1, -0.05) is 26.0 Å². The van der Waals surface area contributed by atoms with E-state index < -0.39 is 47.4 Å². The molecule has 1 aliphatic rings. The van der Waals surface area contributed by atoms with E-state index in [0.717, 1.165) is 17.0 Å². The normalized spacial score (nSPS) is 16.9. The van der Waals surface area contributed by atoms with E-state index in [1.807, 2.05) is 0 Å². The van der Waals surface area contributed by atoms with Crippen LogP contribution in [0.3, 0.4) is 0 Å². The van der Waals surface area contributed by atoms with Crippen LogP contribution in [0.1, 0.15) is 26.3 Å². The first-order chi connectivity index (χ1) is 15.1. The molecule has 0 radical (unpaired) electrons. The third-order valence-electron chi connectivity index (χ3n) is 4.71. The Bertz CT molecular complexity index is 882. The number of nitrogens with one attached hydrogen (secondary N) is 1. The number of benzene rings is 1. The van der Waals surface area contributed by atoms with Crippen LogP contribution in [0.5, 0.6) is 0 Å². The lowest BCUT2D eigenvalue weighted by molar-refractivity contribution is -0.376. The Kier molecular flexibility index (Phi) is 7.69. The number of carbonyl (C=O) groups excluding carboxylic acids is 2. The predicted octanol–water partition coefficient (Wildman–Crippen LogP) is 3.34. The third-order valence-corrected chi connectivity index (χ3v) is 4.71. The van der Waals surface area contributed by atoms with E-state index in [1.54, 1.807) is 20.8 Å². The number of anilines is 1. The van der Waals surface area contributed by atoms with E-state index in [4.69, 9.17) is 9.57 Å². The molecule has 0 aliphatic carbocycles. The molecule has 13 heteroatoms. The smallest absolute Gasteiger partial charge is 0.430 e. The fraction of sp³-hybridized carbons (Fsp3) is 0.500. The number of rotatable bonds is 7. The molecule has 7 nitrogen and oxygen atoms in total. The van der Waals surface area contributed by atoms with Gasteiger partial charge < -0.3 is 14.7 Å². The van der Waals surface area contributed by atoms with E-state index in [1.165, 1.54) is 6.08 Å². The number of amides is 1. The number of hydroxylamine groups is 1. The largest absolute Gasteiger partial charge is 0.461 e. The quantitative estimate of drug-likeness (QED) is 0.456. The van der Waals surface area contributed by atoms with E-state index in [-0.39, 0.29) is 24.5 Å². The molecular weight excluding hydrogens is 462 g/mol. The Labute approximate surface area is 184 Å². The van der Waals surface area contributed by atoms with Gasteiger partial charge in [0.15, 0.2) is 0 Å². The summed E-state index contributed by atoms with van der Waals surface area (Å²) in [5.41, 5.74) is -4.25. The van der Waals surface area contributed by atoms with Gasteiger partial charge in [0.2, 0.25) is 5.91 Å². The van der Waals surface area contributed by atoms with Crippen LogP contribution in [0, 0.1) is 5.92 Å². The van der Waals surface area contributed by atoms with E-state index >= 15 is 0 Å². The number of ether oxygens (including phenoxy) is 1. The molecule has 0 saturated heterocycles. The van der Waals surface area contributed by atoms with Gasteiger partial charge in [-0.2, -0.15) is 26.3 Å². The van der Waals surface area contributed by atoms with Gasteiger partial charge in [-0.05, 0) is 25.1 Å². The highest BCUT2D eigenvalue weighted by Gasteiger charge is 2.71. The molecule has 1 aromatic rings. The number of carbonyl (C=O) groups is 2. The van der Waals surface area contributed by atoms with Crippen LogP contribution in [0.25, 0.3) is 0 Å². The molecule has 2 N–H and O–H groups in total. The van der Waals surface area contributed by atoms with Gasteiger partial charge in [0.25, 0.3) is 5.60 Å². The van der Waals surface area contributed by atoms with Gasteiger partial charge in [-0.25, -0.2) is 4.79 Å². The zero-order chi connectivity index (χ0) is 25.2. The summed E-state index contributed by atoms with van der Waals surface area (Å²) in [6.07, 6.45) is -11.6. The molecule has 184 valence electrons. The van der Waals surface area contributed by atoms with Crippen LogP contribution in [-0.4, -0.2) is 48.6 Å². The second-order valence-corrected chi connectivity index (χ2v) is 7.42. The van der Waals surface area contributed by atoms with Crippen molar-refractivity contribution in [2.75, 3.05) is 18.1 Å². The minimum atomic E-state index is -6.03. The van der Waals surface area contributed by atoms with Gasteiger partial charge >= 0.3 is 18.3 Å². The lowest BCUT2D eigenvalue weighted by Crippen LogP contribution is -2.53. The second-order valence-electron chi connectivity index (χ2n) is 7.42. The van der Waals surface area contributed by atoms with Crippen molar-refractivity contribution in [1.82, 2.24) is 5.48 Å². The topological polar surface area (TPSA) is 88.1 Å². The summed E-state index contributed by atoms with van der Waals surface area (Å²) in [6.45, 7) is 4.58. The highest BCUT2D eigenvalue weighted by molar-refractivity contribution is 5.95. The van der Waals surface area contributed by atoms with Crippen molar-refractivity contribution in [3.63, 3.8) is 0 Å². The molecule has 0 saturated carbocycles. The molecule has 1 heterocycles. The molecule has 1 atom stereocenters. The standard InChI is InChI=1S/C20H22F6N2O5/c1-4-32-17(30)15-9-14(33-27-15)10-28(16(29)11(2)3)13-7-5-12(6-8-13)18(31,19(21,22)23)20(24,25)26/h5-9,11,14,27,31H,4,10H2,1-3H3. The van der Waals surface area contributed by atoms with Gasteiger partial charge in [0.05, 0.1) is 13.2 Å². The number of hydrogen-bond acceptors (Lipinski definition) is 6. The lowest BCUT2D eigenvalue weighted by atomic mass is 9.92. The second kappa shape index (κ2) is 9.59. The molecule has 1 aromatic carbocycles. The van der Waals surface area contributed by atoms with Gasteiger partial charge in [-0.3, -0.25) is 15.1 Å². The van der Waals surface area contributed by atoms with Crippen LogP contribution in [0.2, 0.25) is 0 Å². The maximum atomic E-state index is 13.1. The predicted molar refractivity (Wildman–Crippen MR) is 102 cm³/mol. The maximum Gasteiger partial charge on any atom is 0.430 e. The molecule has 1 unspecified atom stereocenters. The summed E-state index contributed by atoms with van der Waals surface area (Å²) in [5.74, 6) is -1.80. The van der Waals surface area contributed by atoms with Gasteiger partial charge in [0.1, 0.15) is 11.8 Å². The Morgan fingerprint density at radius 2 is 1.67 bits per heavy atom. The molecule has 0 bridgehead atoms. The Morgan fingerprint density at radius 3 is 2.12 bits per heavy atom. The number of alkyl halides is 6.